The number of rotatable bonds is 3. The quantitative estimate of drug-likeness (QED) is 0.726. The first kappa shape index (κ1) is 11.9. The standard InChI is InChI=1S/C16H14NO/c1-2-12-18-16-11-7-6-8-14(16)13-17-15-9-4-3-5-10-15/h2-11H,1,12H2/q+1. The molecule has 0 heterocycles. The van der Waals surface area contributed by atoms with Crippen LogP contribution in [0.5, 0.6) is 5.75 Å². The molecular formula is C16H14NO+. The predicted molar refractivity (Wildman–Crippen MR) is 74.6 cm³/mol. The first-order valence-electron chi connectivity index (χ1n) is 5.74. The molecule has 0 bridgehead atoms. The van der Waals surface area contributed by atoms with Crippen LogP contribution >= 0.6 is 0 Å². The smallest absolute Gasteiger partial charge is 0.340 e. The van der Waals surface area contributed by atoms with Gasteiger partial charge in [0.15, 0.2) is 0 Å². The summed E-state index contributed by atoms with van der Waals surface area (Å²) in [4.78, 5) is 4.29. The number of para-hydroxylation sites is 2. The molecular weight excluding hydrogens is 222 g/mol. The second kappa shape index (κ2) is 6.27. The second-order valence-electron chi connectivity index (χ2n) is 3.65. The zero-order valence-corrected chi connectivity index (χ0v) is 10.0. The molecule has 0 saturated carbocycles. The van der Waals surface area contributed by atoms with Crippen molar-refractivity contribution in [1.29, 1.82) is 0 Å². The van der Waals surface area contributed by atoms with Gasteiger partial charge in [0.05, 0.1) is 0 Å². The summed E-state index contributed by atoms with van der Waals surface area (Å²) in [6.07, 6.45) is 1.71. The maximum absolute atomic E-state index is 5.53. The summed E-state index contributed by atoms with van der Waals surface area (Å²) in [6, 6.07) is 20.4. The summed E-state index contributed by atoms with van der Waals surface area (Å²) in [5.74, 6) is 0.761. The zero-order valence-electron chi connectivity index (χ0n) is 10.0. The highest BCUT2D eigenvalue weighted by molar-refractivity contribution is 5.51. The van der Waals surface area contributed by atoms with E-state index in [0.29, 0.717) is 6.61 Å². The van der Waals surface area contributed by atoms with Gasteiger partial charge >= 0.3 is 11.8 Å². The minimum atomic E-state index is 0.476. The summed E-state index contributed by atoms with van der Waals surface area (Å²) >= 11 is 0. The Morgan fingerprint density at radius 2 is 1.78 bits per heavy atom. The van der Waals surface area contributed by atoms with E-state index in [9.17, 15) is 0 Å². The third kappa shape index (κ3) is 3.23. The molecule has 0 saturated heterocycles. The minimum absolute atomic E-state index is 0.476. The molecule has 0 atom stereocenters. The van der Waals surface area contributed by atoms with E-state index in [0.717, 1.165) is 17.0 Å². The van der Waals surface area contributed by atoms with E-state index in [2.05, 4.69) is 17.5 Å². The first-order chi connectivity index (χ1) is 8.90. The molecule has 2 heteroatoms. The number of ether oxygens (including phenoxy) is 1. The lowest BCUT2D eigenvalue weighted by Gasteiger charge is -2.02. The summed E-state index contributed by atoms with van der Waals surface area (Å²) in [5, 5.41) is 0. The fourth-order valence-corrected chi connectivity index (χ4v) is 1.46. The molecule has 2 rings (SSSR count). The van der Waals surface area contributed by atoms with E-state index in [-0.39, 0.29) is 0 Å². The molecule has 0 aliphatic rings. The molecule has 0 amide bonds. The van der Waals surface area contributed by atoms with E-state index in [1.807, 2.05) is 54.6 Å². The molecule has 0 spiro atoms. The molecule has 18 heavy (non-hydrogen) atoms. The summed E-state index contributed by atoms with van der Waals surface area (Å²) in [5.41, 5.74) is 1.71. The van der Waals surface area contributed by atoms with Gasteiger partial charge < -0.3 is 4.74 Å². The van der Waals surface area contributed by atoms with Crippen molar-refractivity contribution in [3.63, 3.8) is 0 Å². The molecule has 2 nitrogen and oxygen atoms in total. The average Bonchev–Trinajstić information content (AvgIpc) is 2.45. The van der Waals surface area contributed by atoms with E-state index >= 15 is 0 Å². The molecule has 2 aromatic rings. The van der Waals surface area contributed by atoms with E-state index in [1.165, 1.54) is 0 Å². The van der Waals surface area contributed by atoms with Crippen molar-refractivity contribution in [3.8, 4) is 11.8 Å². The Bertz CT molecular complexity index is 579. The molecule has 0 fully saturated rings. The third-order valence-corrected chi connectivity index (χ3v) is 2.31. The maximum atomic E-state index is 5.53. The lowest BCUT2D eigenvalue weighted by Crippen LogP contribution is -1.94. The van der Waals surface area contributed by atoms with Crippen molar-refractivity contribution in [1.82, 2.24) is 0 Å². The molecule has 0 aliphatic carbocycles. The zero-order chi connectivity index (χ0) is 12.6. The van der Waals surface area contributed by atoms with Gasteiger partial charge in [-0.2, -0.15) is 0 Å². The Kier molecular flexibility index (Phi) is 4.16. The lowest BCUT2D eigenvalue weighted by molar-refractivity contribution is 0.362. The highest BCUT2D eigenvalue weighted by Gasteiger charge is 2.05. The molecule has 0 N–H and O–H groups in total. The minimum Gasteiger partial charge on any atom is -0.488 e. The Labute approximate surface area is 107 Å². The van der Waals surface area contributed by atoms with E-state index in [1.54, 1.807) is 6.08 Å². The molecule has 0 aliphatic heterocycles. The number of hydrogen-bond acceptors (Lipinski definition) is 1. The van der Waals surface area contributed by atoms with Gasteiger partial charge in [0.2, 0.25) is 0 Å². The highest BCUT2D eigenvalue weighted by atomic mass is 16.5. The van der Waals surface area contributed by atoms with Crippen molar-refractivity contribution in [3.05, 3.63) is 77.7 Å². The van der Waals surface area contributed by atoms with Crippen LogP contribution in [0.4, 0.5) is 5.69 Å². The molecule has 88 valence electrons. The van der Waals surface area contributed by atoms with Gasteiger partial charge in [0.1, 0.15) is 17.9 Å². The number of benzene rings is 2. The van der Waals surface area contributed by atoms with Gasteiger partial charge in [-0.05, 0) is 17.0 Å². The molecule has 0 radical (unpaired) electrons. The fraction of sp³-hybridized carbons (Fsp3) is 0.0625. The Balaban J connectivity index is 2.24. The van der Waals surface area contributed by atoms with Gasteiger partial charge in [-0.1, -0.05) is 43.0 Å². The monoisotopic (exact) mass is 236 g/mol. The second-order valence-corrected chi connectivity index (χ2v) is 3.65. The summed E-state index contributed by atoms with van der Waals surface area (Å²) < 4.78 is 5.53. The van der Waals surface area contributed by atoms with E-state index in [4.69, 9.17) is 4.74 Å². The summed E-state index contributed by atoms with van der Waals surface area (Å²) in [7, 11) is 0. The summed E-state index contributed by atoms with van der Waals surface area (Å²) in [6.45, 7) is 4.11. The van der Waals surface area contributed by atoms with Crippen LogP contribution in [0.25, 0.3) is 4.85 Å². The fourth-order valence-electron chi connectivity index (χ4n) is 1.46. The maximum Gasteiger partial charge on any atom is 0.340 e. The first-order valence-corrected chi connectivity index (χ1v) is 5.74. The molecule has 0 aromatic heterocycles. The lowest BCUT2D eigenvalue weighted by atomic mass is 10.2. The van der Waals surface area contributed by atoms with Crippen LogP contribution in [0.2, 0.25) is 0 Å². The van der Waals surface area contributed by atoms with Crippen LogP contribution in [0, 0.1) is 6.07 Å². The van der Waals surface area contributed by atoms with Crippen LogP contribution in [-0.2, 0) is 0 Å². The van der Waals surface area contributed by atoms with Crippen molar-refractivity contribution in [2.45, 2.75) is 0 Å². The Morgan fingerprint density at radius 1 is 1.06 bits per heavy atom. The van der Waals surface area contributed by atoms with Gasteiger partial charge in [-0.25, -0.2) is 0 Å². The van der Waals surface area contributed by atoms with Crippen LogP contribution in [0.3, 0.4) is 0 Å². The topological polar surface area (TPSA) is 13.6 Å². The highest BCUT2D eigenvalue weighted by Crippen LogP contribution is 2.18. The number of hydrogen-bond donors (Lipinski definition) is 0. The largest absolute Gasteiger partial charge is 0.488 e. The predicted octanol–water partition coefficient (Wildman–Crippen LogP) is 4.26. The van der Waals surface area contributed by atoms with Crippen molar-refractivity contribution >= 4 is 5.69 Å². The van der Waals surface area contributed by atoms with Crippen molar-refractivity contribution < 1.29 is 4.74 Å². The normalized spacial score (nSPS) is 9.11. The Hall–Kier alpha value is -2.53. The van der Waals surface area contributed by atoms with Crippen molar-refractivity contribution in [2.24, 2.45) is 0 Å². The number of nitrogens with zero attached hydrogens (tertiary/aromatic N) is 1. The molecule has 2 aromatic carbocycles. The molecule has 0 unspecified atom stereocenters. The van der Waals surface area contributed by atoms with E-state index < -0.39 is 0 Å². The van der Waals surface area contributed by atoms with Gasteiger partial charge in [0.25, 0.3) is 0 Å². The SMILES string of the molecule is C=CCOc1ccccc1C#[N+]c1ccccc1. The Morgan fingerprint density at radius 3 is 2.56 bits per heavy atom. The van der Waals surface area contributed by atoms with Crippen LogP contribution in [-0.4, -0.2) is 6.61 Å². The average molecular weight is 236 g/mol. The van der Waals surface area contributed by atoms with Crippen LogP contribution in [0.1, 0.15) is 5.56 Å². The van der Waals surface area contributed by atoms with Gasteiger partial charge in [-0.3, -0.25) is 0 Å². The van der Waals surface area contributed by atoms with Gasteiger partial charge in [-0.15, -0.1) is 0 Å². The van der Waals surface area contributed by atoms with Crippen LogP contribution in [0.15, 0.2) is 67.3 Å². The van der Waals surface area contributed by atoms with Crippen LogP contribution < -0.4 is 4.74 Å². The van der Waals surface area contributed by atoms with Gasteiger partial charge in [0, 0.05) is 12.1 Å². The van der Waals surface area contributed by atoms with Crippen molar-refractivity contribution in [2.75, 3.05) is 6.61 Å². The third-order valence-electron chi connectivity index (χ3n) is 2.31.